The van der Waals surface area contributed by atoms with Crippen LogP contribution >= 0.6 is 11.6 Å². The number of rotatable bonds is 17. The van der Waals surface area contributed by atoms with Crippen molar-refractivity contribution in [3.05, 3.63) is 22.5 Å². The number of unbranched alkanes of at least 4 members (excludes halogenated alkanes) is 9. The van der Waals surface area contributed by atoms with Gasteiger partial charge in [0, 0.05) is 19.7 Å². The standard InChI is InChI=1S/C23H38ClNO6/c1-4-5-6-7-8-9-10-11-12-13-14-19-17-20(24)21(25-19)22(26)30-18(2)31-23(27)29-16-15-28-3/h17-18,25H,4-16H2,1-3H3. The maximum atomic E-state index is 12.3. The third-order valence-corrected chi connectivity index (χ3v) is 5.17. The fraction of sp³-hybridized carbons (Fsp3) is 0.739. The molecule has 0 bridgehead atoms. The summed E-state index contributed by atoms with van der Waals surface area (Å²) in [6.45, 7) is 3.98. The SMILES string of the molecule is CCCCCCCCCCCCc1cc(Cl)c(C(=O)OC(C)OC(=O)OCCOC)[nH]1. The molecule has 0 aliphatic rings. The van der Waals surface area contributed by atoms with E-state index in [4.69, 9.17) is 30.5 Å². The Labute approximate surface area is 191 Å². The van der Waals surface area contributed by atoms with Crippen LogP contribution in [0.15, 0.2) is 6.07 Å². The topological polar surface area (TPSA) is 86.8 Å². The third-order valence-electron chi connectivity index (χ3n) is 4.87. The molecule has 0 saturated carbocycles. The number of aromatic nitrogens is 1. The van der Waals surface area contributed by atoms with Gasteiger partial charge in [-0.1, -0.05) is 76.3 Å². The van der Waals surface area contributed by atoms with Crippen molar-refractivity contribution in [1.29, 1.82) is 0 Å². The average Bonchev–Trinajstić information content (AvgIpc) is 3.10. The van der Waals surface area contributed by atoms with Gasteiger partial charge in [-0.25, -0.2) is 9.59 Å². The minimum atomic E-state index is -1.10. The van der Waals surface area contributed by atoms with Crippen LogP contribution < -0.4 is 0 Å². The first kappa shape index (κ1) is 27.3. The van der Waals surface area contributed by atoms with E-state index in [0.29, 0.717) is 5.02 Å². The van der Waals surface area contributed by atoms with E-state index in [1.54, 1.807) is 6.07 Å². The lowest BCUT2D eigenvalue weighted by molar-refractivity contribution is -0.0842. The van der Waals surface area contributed by atoms with Crippen molar-refractivity contribution in [3.8, 4) is 0 Å². The van der Waals surface area contributed by atoms with E-state index < -0.39 is 18.4 Å². The molecule has 7 nitrogen and oxygen atoms in total. The Morgan fingerprint density at radius 1 is 0.968 bits per heavy atom. The van der Waals surface area contributed by atoms with E-state index in [9.17, 15) is 9.59 Å². The molecule has 1 N–H and O–H groups in total. The van der Waals surface area contributed by atoms with Crippen LogP contribution in [0, 0.1) is 0 Å². The number of nitrogens with one attached hydrogen (secondary N) is 1. The molecule has 0 fully saturated rings. The maximum absolute atomic E-state index is 12.3. The van der Waals surface area contributed by atoms with Gasteiger partial charge in [0.25, 0.3) is 0 Å². The number of methoxy groups -OCH3 is 1. The summed E-state index contributed by atoms with van der Waals surface area (Å²) in [6, 6.07) is 1.75. The van der Waals surface area contributed by atoms with Crippen molar-refractivity contribution in [1.82, 2.24) is 4.98 Å². The molecule has 1 aromatic heterocycles. The fourth-order valence-electron chi connectivity index (χ4n) is 3.18. The van der Waals surface area contributed by atoms with Crippen LogP contribution in [0.3, 0.4) is 0 Å². The summed E-state index contributed by atoms with van der Waals surface area (Å²) < 4.78 is 19.5. The second-order valence-corrected chi connectivity index (χ2v) is 8.04. The lowest BCUT2D eigenvalue weighted by Crippen LogP contribution is -2.23. The first-order valence-corrected chi connectivity index (χ1v) is 11.8. The predicted octanol–water partition coefficient (Wildman–Crippen LogP) is 6.43. The molecule has 0 spiro atoms. The highest BCUT2D eigenvalue weighted by atomic mass is 35.5. The summed E-state index contributed by atoms with van der Waals surface area (Å²) in [5.41, 5.74) is 1.05. The van der Waals surface area contributed by atoms with Crippen LogP contribution in [0.2, 0.25) is 5.02 Å². The molecule has 178 valence electrons. The normalized spacial score (nSPS) is 11.9. The fourth-order valence-corrected chi connectivity index (χ4v) is 3.44. The zero-order valence-electron chi connectivity index (χ0n) is 19.2. The minimum absolute atomic E-state index is 0.0563. The average molecular weight is 460 g/mol. The quantitative estimate of drug-likeness (QED) is 0.164. The van der Waals surface area contributed by atoms with Crippen molar-refractivity contribution >= 4 is 23.7 Å². The number of aryl methyl sites for hydroxylation is 1. The number of carbonyl (C=O) groups is 2. The second-order valence-electron chi connectivity index (χ2n) is 7.63. The molecule has 1 heterocycles. The molecule has 0 aliphatic carbocycles. The highest BCUT2D eigenvalue weighted by Gasteiger charge is 2.20. The van der Waals surface area contributed by atoms with Crippen molar-refractivity contribution in [2.75, 3.05) is 20.3 Å². The van der Waals surface area contributed by atoms with Gasteiger partial charge in [-0.3, -0.25) is 0 Å². The number of esters is 1. The molecule has 0 amide bonds. The molecule has 1 unspecified atom stereocenters. The van der Waals surface area contributed by atoms with Gasteiger partial charge in [0.1, 0.15) is 12.3 Å². The van der Waals surface area contributed by atoms with Gasteiger partial charge < -0.3 is 23.9 Å². The van der Waals surface area contributed by atoms with Gasteiger partial charge in [0.2, 0.25) is 6.29 Å². The Balaban J connectivity index is 2.25. The lowest BCUT2D eigenvalue weighted by Gasteiger charge is -2.13. The monoisotopic (exact) mass is 459 g/mol. The van der Waals surface area contributed by atoms with Crippen molar-refractivity contribution in [3.63, 3.8) is 0 Å². The van der Waals surface area contributed by atoms with E-state index in [-0.39, 0.29) is 18.9 Å². The van der Waals surface area contributed by atoms with Crippen LogP contribution in [0.25, 0.3) is 0 Å². The molecule has 0 aliphatic heterocycles. The number of carbonyl (C=O) groups excluding carboxylic acids is 2. The second kappa shape index (κ2) is 16.9. The molecule has 8 heteroatoms. The van der Waals surface area contributed by atoms with Crippen LogP contribution in [0.4, 0.5) is 4.79 Å². The van der Waals surface area contributed by atoms with Crippen LogP contribution in [-0.2, 0) is 25.4 Å². The Morgan fingerprint density at radius 3 is 2.19 bits per heavy atom. The summed E-state index contributed by atoms with van der Waals surface area (Å²) in [4.78, 5) is 26.8. The van der Waals surface area contributed by atoms with Gasteiger partial charge in [-0.15, -0.1) is 0 Å². The molecule has 1 atom stereocenters. The number of hydrogen-bond donors (Lipinski definition) is 1. The van der Waals surface area contributed by atoms with Gasteiger partial charge in [0.05, 0.1) is 11.6 Å². The number of aromatic amines is 1. The Morgan fingerprint density at radius 2 is 1.58 bits per heavy atom. The van der Waals surface area contributed by atoms with Crippen molar-refractivity contribution in [2.45, 2.75) is 90.8 Å². The van der Waals surface area contributed by atoms with E-state index >= 15 is 0 Å². The Kier molecular flexibility index (Phi) is 14.9. The summed E-state index contributed by atoms with van der Waals surface area (Å²) in [6.07, 6.45) is 11.5. The van der Waals surface area contributed by atoms with Gasteiger partial charge in [-0.05, 0) is 18.9 Å². The third kappa shape index (κ3) is 12.7. The van der Waals surface area contributed by atoms with E-state index in [2.05, 4.69) is 11.9 Å². The van der Waals surface area contributed by atoms with Gasteiger partial charge in [0.15, 0.2) is 0 Å². The molecule has 1 rings (SSSR count). The zero-order chi connectivity index (χ0) is 22.9. The van der Waals surface area contributed by atoms with Gasteiger partial charge >= 0.3 is 12.1 Å². The summed E-state index contributed by atoms with van der Waals surface area (Å²) in [7, 11) is 1.49. The van der Waals surface area contributed by atoms with E-state index in [1.165, 1.54) is 65.4 Å². The number of ether oxygens (including phenoxy) is 4. The molecular formula is C23H38ClNO6. The van der Waals surface area contributed by atoms with Crippen molar-refractivity contribution < 1.29 is 28.5 Å². The minimum Gasteiger partial charge on any atom is -0.432 e. The zero-order valence-corrected chi connectivity index (χ0v) is 19.9. The maximum Gasteiger partial charge on any atom is 0.511 e. The lowest BCUT2D eigenvalue weighted by atomic mass is 10.1. The van der Waals surface area contributed by atoms with E-state index in [1.807, 2.05) is 0 Å². The highest BCUT2D eigenvalue weighted by molar-refractivity contribution is 6.33. The number of hydrogen-bond acceptors (Lipinski definition) is 6. The first-order valence-electron chi connectivity index (χ1n) is 11.4. The summed E-state index contributed by atoms with van der Waals surface area (Å²) >= 11 is 6.17. The van der Waals surface area contributed by atoms with Crippen LogP contribution in [-0.4, -0.2) is 43.7 Å². The van der Waals surface area contributed by atoms with Crippen LogP contribution in [0.5, 0.6) is 0 Å². The molecule has 1 aromatic rings. The molecule has 0 radical (unpaired) electrons. The molecule has 0 saturated heterocycles. The van der Waals surface area contributed by atoms with E-state index in [0.717, 1.165) is 25.0 Å². The van der Waals surface area contributed by atoms with Crippen molar-refractivity contribution in [2.24, 2.45) is 0 Å². The smallest absolute Gasteiger partial charge is 0.432 e. The van der Waals surface area contributed by atoms with Crippen LogP contribution in [0.1, 0.15) is 94.2 Å². The molecular weight excluding hydrogens is 422 g/mol. The summed E-state index contributed by atoms with van der Waals surface area (Å²) in [5, 5.41) is 0.293. The first-order chi connectivity index (χ1) is 15.0. The largest absolute Gasteiger partial charge is 0.511 e. The van der Waals surface area contributed by atoms with Gasteiger partial charge in [-0.2, -0.15) is 0 Å². The Hall–Kier alpha value is -1.73. The predicted molar refractivity (Wildman–Crippen MR) is 121 cm³/mol. The highest BCUT2D eigenvalue weighted by Crippen LogP contribution is 2.21. The number of halogens is 1. The summed E-state index contributed by atoms with van der Waals surface area (Å²) in [5.74, 6) is -0.684. The molecule has 31 heavy (non-hydrogen) atoms. The molecule has 0 aromatic carbocycles. The Bertz CT molecular complexity index is 634. The number of H-pyrrole nitrogens is 1.